The summed E-state index contributed by atoms with van der Waals surface area (Å²) in [5.74, 6) is 1.40. The Labute approximate surface area is 176 Å². The summed E-state index contributed by atoms with van der Waals surface area (Å²) in [7, 11) is 1.81. The number of aliphatic imine (C=N–C) groups is 1. The van der Waals surface area contributed by atoms with E-state index in [-0.39, 0.29) is 29.4 Å². The van der Waals surface area contributed by atoms with E-state index >= 15 is 0 Å². The van der Waals surface area contributed by atoms with Crippen LogP contribution in [0.4, 0.5) is 0 Å². The van der Waals surface area contributed by atoms with Gasteiger partial charge in [0.1, 0.15) is 5.01 Å². The second-order valence-electron chi connectivity index (χ2n) is 7.07. The number of halogens is 1. The van der Waals surface area contributed by atoms with E-state index < -0.39 is 0 Å². The van der Waals surface area contributed by atoms with Crippen LogP contribution in [0.3, 0.4) is 0 Å². The Balaban J connectivity index is 0.00000312. The lowest BCUT2D eigenvalue weighted by atomic mass is 9.93. The van der Waals surface area contributed by atoms with Crippen molar-refractivity contribution in [2.24, 2.45) is 10.9 Å². The van der Waals surface area contributed by atoms with Crippen LogP contribution in [0, 0.1) is 5.92 Å². The summed E-state index contributed by atoms with van der Waals surface area (Å²) in [6.07, 6.45) is 1.10. The fourth-order valence-corrected chi connectivity index (χ4v) is 4.06. The molecule has 2 rings (SSSR count). The largest absolute Gasteiger partial charge is 0.356 e. The molecule has 0 saturated heterocycles. The van der Waals surface area contributed by atoms with Gasteiger partial charge in [0.2, 0.25) is 0 Å². The third kappa shape index (κ3) is 7.62. The summed E-state index contributed by atoms with van der Waals surface area (Å²) >= 11 is 3.52. The first-order valence-electron chi connectivity index (χ1n) is 8.30. The van der Waals surface area contributed by atoms with Gasteiger partial charge in [0.05, 0.1) is 12.2 Å². The van der Waals surface area contributed by atoms with E-state index in [0.29, 0.717) is 12.5 Å². The highest BCUT2D eigenvalue weighted by molar-refractivity contribution is 14.0. The van der Waals surface area contributed by atoms with Gasteiger partial charge in [-0.1, -0.05) is 33.8 Å². The molecule has 0 fully saturated rings. The molecule has 7 heteroatoms. The number of aromatic nitrogens is 1. The van der Waals surface area contributed by atoms with Gasteiger partial charge < -0.3 is 10.6 Å². The molecule has 0 radical (unpaired) electrons. The number of hydrogen-bond donors (Lipinski definition) is 2. The van der Waals surface area contributed by atoms with Crippen LogP contribution in [0.1, 0.15) is 43.3 Å². The Hall–Kier alpha value is -0.670. The Morgan fingerprint density at radius 2 is 2.04 bits per heavy atom. The predicted octanol–water partition coefficient (Wildman–Crippen LogP) is 4.66. The lowest BCUT2D eigenvalue weighted by Gasteiger charge is -2.15. The summed E-state index contributed by atoms with van der Waals surface area (Å²) in [5.41, 5.74) is 1.25. The molecule has 0 saturated carbocycles. The van der Waals surface area contributed by atoms with Crippen molar-refractivity contribution in [3.8, 4) is 0 Å². The van der Waals surface area contributed by atoms with Crippen LogP contribution in [-0.4, -0.2) is 24.5 Å². The van der Waals surface area contributed by atoms with Crippen LogP contribution in [-0.2, 0) is 18.4 Å². The molecule has 0 spiro atoms. The minimum atomic E-state index is 0. The van der Waals surface area contributed by atoms with Crippen molar-refractivity contribution in [1.82, 2.24) is 15.6 Å². The predicted molar refractivity (Wildman–Crippen MR) is 122 cm³/mol. The Morgan fingerprint density at radius 3 is 2.60 bits per heavy atom. The van der Waals surface area contributed by atoms with Gasteiger partial charge in [-0.3, -0.25) is 4.99 Å². The van der Waals surface area contributed by atoms with Crippen molar-refractivity contribution in [2.75, 3.05) is 13.6 Å². The maximum atomic E-state index is 4.71. The lowest BCUT2D eigenvalue weighted by molar-refractivity contribution is 0.560. The van der Waals surface area contributed by atoms with Crippen molar-refractivity contribution in [1.29, 1.82) is 0 Å². The highest BCUT2D eigenvalue weighted by atomic mass is 127. The highest BCUT2D eigenvalue weighted by Gasteiger charge is 2.17. The van der Waals surface area contributed by atoms with Crippen LogP contribution in [0.2, 0.25) is 0 Å². The number of thiophene rings is 1. The standard InChI is InChI=1S/C18H28N4S2.HI/c1-13(9-14-7-6-8-23-14)10-20-17(19-5)21-11-16-22-15(12-24-16)18(2,3)4;/h6-8,12-13H,9-11H2,1-5H3,(H2,19,20,21);1H. The molecule has 0 aliphatic carbocycles. The topological polar surface area (TPSA) is 49.3 Å². The van der Waals surface area contributed by atoms with E-state index in [9.17, 15) is 0 Å². The van der Waals surface area contributed by atoms with Crippen LogP contribution in [0.25, 0.3) is 0 Å². The number of nitrogens with zero attached hydrogens (tertiary/aromatic N) is 2. The first-order chi connectivity index (χ1) is 11.4. The third-order valence-electron chi connectivity index (χ3n) is 3.70. The van der Waals surface area contributed by atoms with Crippen LogP contribution in [0.15, 0.2) is 27.9 Å². The molecule has 2 heterocycles. The van der Waals surface area contributed by atoms with E-state index in [1.807, 2.05) is 18.4 Å². The normalized spacial score (nSPS) is 13.2. The van der Waals surface area contributed by atoms with Gasteiger partial charge >= 0.3 is 0 Å². The molecule has 0 aromatic carbocycles. The first kappa shape index (κ1) is 22.4. The quantitative estimate of drug-likeness (QED) is 0.350. The number of guanidine groups is 1. The zero-order chi connectivity index (χ0) is 17.6. The van der Waals surface area contributed by atoms with Gasteiger partial charge in [-0.25, -0.2) is 4.98 Å². The van der Waals surface area contributed by atoms with Gasteiger partial charge in [0.15, 0.2) is 5.96 Å². The average Bonchev–Trinajstić information content (AvgIpc) is 3.18. The maximum Gasteiger partial charge on any atom is 0.191 e. The molecule has 2 aromatic rings. The van der Waals surface area contributed by atoms with Gasteiger partial charge in [-0.15, -0.1) is 46.7 Å². The molecule has 2 aromatic heterocycles. The number of thiazole rings is 1. The van der Waals surface area contributed by atoms with Crippen molar-refractivity contribution in [3.63, 3.8) is 0 Å². The van der Waals surface area contributed by atoms with Crippen molar-refractivity contribution in [3.05, 3.63) is 38.5 Å². The molecule has 0 aliphatic rings. The minimum Gasteiger partial charge on any atom is -0.356 e. The zero-order valence-electron chi connectivity index (χ0n) is 15.6. The van der Waals surface area contributed by atoms with Gasteiger partial charge in [0, 0.05) is 29.3 Å². The Morgan fingerprint density at radius 1 is 1.28 bits per heavy atom. The Bertz CT molecular complexity index is 644. The fourth-order valence-electron chi connectivity index (χ4n) is 2.23. The van der Waals surface area contributed by atoms with Crippen molar-refractivity contribution < 1.29 is 0 Å². The summed E-state index contributed by atoms with van der Waals surface area (Å²) in [6.45, 7) is 10.4. The van der Waals surface area contributed by atoms with Crippen LogP contribution < -0.4 is 10.6 Å². The first-order valence-corrected chi connectivity index (χ1v) is 10.1. The Kier molecular flexibility index (Phi) is 9.37. The molecular weight excluding hydrogens is 463 g/mol. The zero-order valence-corrected chi connectivity index (χ0v) is 19.6. The third-order valence-corrected chi connectivity index (χ3v) is 5.45. The van der Waals surface area contributed by atoms with Gasteiger partial charge in [0.25, 0.3) is 0 Å². The number of nitrogens with one attached hydrogen (secondary N) is 2. The van der Waals surface area contributed by atoms with E-state index in [0.717, 1.165) is 29.6 Å². The van der Waals surface area contributed by atoms with E-state index in [4.69, 9.17) is 4.98 Å². The molecule has 1 unspecified atom stereocenters. The summed E-state index contributed by atoms with van der Waals surface area (Å²) < 4.78 is 0. The minimum absolute atomic E-state index is 0. The smallest absolute Gasteiger partial charge is 0.191 e. The molecule has 0 bridgehead atoms. The number of rotatable bonds is 6. The fraction of sp³-hybridized carbons (Fsp3) is 0.556. The SMILES string of the molecule is CN=C(NCc1nc(C(C)(C)C)cs1)NCC(C)Cc1cccs1.I. The highest BCUT2D eigenvalue weighted by Crippen LogP contribution is 2.23. The van der Waals surface area contributed by atoms with Crippen molar-refractivity contribution in [2.45, 2.75) is 46.1 Å². The molecular formula is C18H29IN4S2. The monoisotopic (exact) mass is 492 g/mol. The molecule has 4 nitrogen and oxygen atoms in total. The van der Waals surface area contributed by atoms with E-state index in [2.05, 4.69) is 66.2 Å². The second kappa shape index (κ2) is 10.5. The van der Waals surface area contributed by atoms with Crippen molar-refractivity contribution >= 4 is 52.6 Å². The van der Waals surface area contributed by atoms with Gasteiger partial charge in [-0.05, 0) is 23.8 Å². The molecule has 140 valence electrons. The van der Waals surface area contributed by atoms with Gasteiger partial charge in [-0.2, -0.15) is 0 Å². The molecule has 2 N–H and O–H groups in total. The molecule has 1 atom stereocenters. The van der Waals surface area contributed by atoms with E-state index in [1.54, 1.807) is 11.3 Å². The average molecular weight is 492 g/mol. The molecule has 0 aliphatic heterocycles. The van der Waals surface area contributed by atoms with E-state index in [1.165, 1.54) is 4.88 Å². The lowest BCUT2D eigenvalue weighted by Crippen LogP contribution is -2.39. The molecule has 0 amide bonds. The molecule has 25 heavy (non-hydrogen) atoms. The van der Waals surface area contributed by atoms with Crippen LogP contribution in [0.5, 0.6) is 0 Å². The number of hydrogen-bond acceptors (Lipinski definition) is 4. The summed E-state index contributed by atoms with van der Waals surface area (Å²) in [5, 5.41) is 12.1. The second-order valence-corrected chi connectivity index (χ2v) is 9.05. The maximum absolute atomic E-state index is 4.71. The van der Waals surface area contributed by atoms with Crippen LogP contribution >= 0.6 is 46.7 Å². The summed E-state index contributed by atoms with van der Waals surface area (Å²) in [6, 6.07) is 4.31. The summed E-state index contributed by atoms with van der Waals surface area (Å²) in [4.78, 5) is 10.4.